The predicted octanol–water partition coefficient (Wildman–Crippen LogP) is 5.59. The van der Waals surface area contributed by atoms with Crippen LogP contribution in [0.3, 0.4) is 0 Å². The Morgan fingerprint density at radius 1 is 0.962 bits per heavy atom. The van der Waals surface area contributed by atoms with Crippen LogP contribution in [-0.2, 0) is 6.42 Å². The van der Waals surface area contributed by atoms with Crippen LogP contribution >= 0.6 is 11.6 Å². The molecule has 2 aromatic carbocycles. The molecule has 0 unspecified atom stereocenters. The third-order valence-electron chi connectivity index (χ3n) is 4.30. The fourth-order valence-corrected chi connectivity index (χ4v) is 3.02. The van der Waals surface area contributed by atoms with Gasteiger partial charge in [-0.05, 0) is 48.1 Å². The molecule has 2 heterocycles. The number of hydrogen-bond donors (Lipinski definition) is 1. The monoisotopic (exact) mass is 363 g/mol. The molecule has 0 aliphatic heterocycles. The highest BCUT2D eigenvalue weighted by atomic mass is 35.5. The molecule has 4 aromatic rings. The third-order valence-corrected chi connectivity index (χ3v) is 4.55. The molecule has 5 heteroatoms. The quantitative estimate of drug-likeness (QED) is 0.454. The highest BCUT2D eigenvalue weighted by Gasteiger charge is 2.07. The lowest BCUT2D eigenvalue weighted by molar-refractivity contribution is 0.434. The molecule has 4 rings (SSSR count). The Kier molecular flexibility index (Phi) is 4.84. The number of aromatic nitrogens is 2. The molecule has 0 aliphatic carbocycles. The van der Waals surface area contributed by atoms with Gasteiger partial charge in [-0.2, -0.15) is 0 Å². The number of fused-ring (bicyclic) bond motifs is 1. The molecule has 0 spiro atoms. The van der Waals surface area contributed by atoms with Crippen molar-refractivity contribution in [2.24, 2.45) is 0 Å². The molecule has 0 saturated carbocycles. The number of rotatable bonds is 6. The maximum absolute atomic E-state index is 5.90. The number of nitrogens with one attached hydrogen (secondary N) is 1. The maximum atomic E-state index is 5.90. The van der Waals surface area contributed by atoms with Crippen molar-refractivity contribution in [1.82, 2.24) is 10.1 Å². The summed E-state index contributed by atoms with van der Waals surface area (Å²) in [4.78, 5) is 4.14. The average Bonchev–Trinajstić information content (AvgIpc) is 3.15. The lowest BCUT2D eigenvalue weighted by Crippen LogP contribution is -2.01. The zero-order valence-corrected chi connectivity index (χ0v) is 14.9. The van der Waals surface area contributed by atoms with E-state index in [1.54, 1.807) is 6.20 Å². The predicted molar refractivity (Wildman–Crippen MR) is 106 cm³/mol. The van der Waals surface area contributed by atoms with E-state index in [0.29, 0.717) is 5.88 Å². The summed E-state index contributed by atoms with van der Waals surface area (Å²) in [6.07, 6.45) is 5.64. The van der Waals surface area contributed by atoms with Gasteiger partial charge in [0, 0.05) is 41.0 Å². The minimum Gasteiger partial charge on any atom is -0.354 e. The molecule has 0 aliphatic rings. The van der Waals surface area contributed by atoms with Gasteiger partial charge < -0.3 is 9.84 Å². The summed E-state index contributed by atoms with van der Waals surface area (Å²) < 4.78 is 5.41. The maximum Gasteiger partial charge on any atom is 0.225 e. The van der Waals surface area contributed by atoms with Crippen LogP contribution in [-0.4, -0.2) is 16.7 Å². The Labute approximate surface area is 156 Å². The van der Waals surface area contributed by atoms with Gasteiger partial charge in [0.2, 0.25) is 5.88 Å². The molecular formula is C21H18ClN3O. The number of hydrogen-bond acceptors (Lipinski definition) is 4. The van der Waals surface area contributed by atoms with Crippen LogP contribution in [0.5, 0.6) is 0 Å². The van der Waals surface area contributed by atoms with Crippen LogP contribution in [0, 0.1) is 0 Å². The molecule has 130 valence electrons. The van der Waals surface area contributed by atoms with Crippen LogP contribution in [0.1, 0.15) is 12.0 Å². The molecule has 1 N–H and O–H groups in total. The standard InChI is InChI=1S/C21H18ClN3O/c22-19-7-3-15(4-8-19)2-1-10-24-21-13-20(25-26-21)17-5-6-18-14-23-11-9-16(18)12-17/h3-9,11-14,24H,1-2,10H2. The van der Waals surface area contributed by atoms with E-state index in [1.165, 1.54) is 5.56 Å². The summed E-state index contributed by atoms with van der Waals surface area (Å²) >= 11 is 5.90. The van der Waals surface area contributed by atoms with Crippen molar-refractivity contribution in [3.05, 3.63) is 77.6 Å². The second kappa shape index (κ2) is 7.58. The molecule has 0 atom stereocenters. The van der Waals surface area contributed by atoms with Gasteiger partial charge in [-0.25, -0.2) is 0 Å². The molecular weight excluding hydrogens is 346 g/mol. The fourth-order valence-electron chi connectivity index (χ4n) is 2.89. The number of halogens is 1. The first kappa shape index (κ1) is 16.6. The summed E-state index contributed by atoms with van der Waals surface area (Å²) in [5, 5.41) is 10.5. The summed E-state index contributed by atoms with van der Waals surface area (Å²) in [7, 11) is 0. The summed E-state index contributed by atoms with van der Waals surface area (Å²) in [5.74, 6) is 0.686. The van der Waals surface area contributed by atoms with Crippen LogP contribution < -0.4 is 5.32 Å². The Morgan fingerprint density at radius 3 is 2.73 bits per heavy atom. The Morgan fingerprint density at radius 2 is 1.85 bits per heavy atom. The first-order valence-corrected chi connectivity index (χ1v) is 8.95. The third kappa shape index (κ3) is 3.86. The van der Waals surface area contributed by atoms with E-state index in [9.17, 15) is 0 Å². The summed E-state index contributed by atoms with van der Waals surface area (Å²) in [6, 6.07) is 18.1. The lowest BCUT2D eigenvalue weighted by Gasteiger charge is -2.03. The van der Waals surface area contributed by atoms with Crippen molar-refractivity contribution in [3.8, 4) is 11.3 Å². The minimum atomic E-state index is 0.686. The first-order valence-electron chi connectivity index (χ1n) is 8.57. The van der Waals surface area contributed by atoms with E-state index >= 15 is 0 Å². The van der Waals surface area contributed by atoms with E-state index in [-0.39, 0.29) is 0 Å². The minimum absolute atomic E-state index is 0.686. The summed E-state index contributed by atoms with van der Waals surface area (Å²) in [6.45, 7) is 0.820. The van der Waals surface area contributed by atoms with Crippen LogP contribution in [0.15, 0.2) is 71.5 Å². The second-order valence-corrected chi connectivity index (χ2v) is 6.61. The molecule has 0 bridgehead atoms. The smallest absolute Gasteiger partial charge is 0.225 e. The van der Waals surface area contributed by atoms with Crippen molar-refractivity contribution in [2.75, 3.05) is 11.9 Å². The molecule has 26 heavy (non-hydrogen) atoms. The molecule has 0 radical (unpaired) electrons. The second-order valence-electron chi connectivity index (χ2n) is 6.17. The van der Waals surface area contributed by atoms with Gasteiger partial charge >= 0.3 is 0 Å². The van der Waals surface area contributed by atoms with E-state index in [4.69, 9.17) is 16.1 Å². The van der Waals surface area contributed by atoms with Gasteiger partial charge in [-0.1, -0.05) is 41.0 Å². The highest BCUT2D eigenvalue weighted by molar-refractivity contribution is 6.30. The normalized spacial score (nSPS) is 11.0. The number of pyridine rings is 1. The van der Waals surface area contributed by atoms with Gasteiger partial charge in [-0.15, -0.1) is 0 Å². The van der Waals surface area contributed by atoms with E-state index < -0.39 is 0 Å². The molecule has 0 saturated heterocycles. The van der Waals surface area contributed by atoms with E-state index in [2.05, 4.69) is 33.7 Å². The van der Waals surface area contributed by atoms with Crippen LogP contribution in [0.2, 0.25) is 5.02 Å². The molecule has 4 nitrogen and oxygen atoms in total. The zero-order valence-electron chi connectivity index (χ0n) is 14.2. The first-order chi connectivity index (χ1) is 12.8. The highest BCUT2D eigenvalue weighted by Crippen LogP contribution is 2.25. The van der Waals surface area contributed by atoms with E-state index in [1.807, 2.05) is 42.6 Å². The van der Waals surface area contributed by atoms with Crippen molar-refractivity contribution >= 4 is 28.3 Å². The summed E-state index contributed by atoms with van der Waals surface area (Å²) in [5.41, 5.74) is 3.13. The fraction of sp³-hybridized carbons (Fsp3) is 0.143. The van der Waals surface area contributed by atoms with Crippen molar-refractivity contribution in [2.45, 2.75) is 12.8 Å². The zero-order chi connectivity index (χ0) is 17.8. The molecule has 0 amide bonds. The largest absolute Gasteiger partial charge is 0.354 e. The topological polar surface area (TPSA) is 51.0 Å². The van der Waals surface area contributed by atoms with Crippen molar-refractivity contribution < 1.29 is 4.52 Å². The number of nitrogens with zero attached hydrogens (tertiary/aromatic N) is 2. The van der Waals surface area contributed by atoms with E-state index in [0.717, 1.165) is 46.4 Å². The number of anilines is 1. The molecule has 2 aromatic heterocycles. The number of aryl methyl sites for hydroxylation is 1. The lowest BCUT2D eigenvalue weighted by atomic mass is 10.1. The Bertz CT molecular complexity index is 1010. The van der Waals surface area contributed by atoms with Crippen molar-refractivity contribution in [3.63, 3.8) is 0 Å². The molecule has 0 fully saturated rings. The number of benzene rings is 2. The van der Waals surface area contributed by atoms with Crippen LogP contribution in [0.4, 0.5) is 5.88 Å². The van der Waals surface area contributed by atoms with Gasteiger partial charge in [0.25, 0.3) is 0 Å². The Hall–Kier alpha value is -2.85. The average molecular weight is 364 g/mol. The van der Waals surface area contributed by atoms with Crippen LogP contribution in [0.25, 0.3) is 22.0 Å². The van der Waals surface area contributed by atoms with Gasteiger partial charge in [0.15, 0.2) is 0 Å². The van der Waals surface area contributed by atoms with Gasteiger partial charge in [0.05, 0.1) is 0 Å². The van der Waals surface area contributed by atoms with Gasteiger partial charge in [-0.3, -0.25) is 4.98 Å². The van der Waals surface area contributed by atoms with Crippen molar-refractivity contribution in [1.29, 1.82) is 0 Å². The SMILES string of the molecule is Clc1ccc(CCCNc2cc(-c3ccc4cnccc4c3)no2)cc1. The Balaban J connectivity index is 1.35. The van der Waals surface area contributed by atoms with Gasteiger partial charge in [0.1, 0.15) is 5.69 Å².